The quantitative estimate of drug-likeness (QED) is 0.404. The molecule has 9 nitrogen and oxygen atoms in total. The molecule has 0 spiro atoms. The minimum absolute atomic E-state index is 0.185. The molecule has 164 valence electrons. The molecule has 1 aromatic carbocycles. The number of aromatic nitrogens is 7. The predicted octanol–water partition coefficient (Wildman–Crippen LogP) is 3.42. The van der Waals surface area contributed by atoms with Crippen molar-refractivity contribution in [1.82, 2.24) is 33.3 Å². The van der Waals surface area contributed by atoms with E-state index < -0.39 is 10.0 Å². The summed E-state index contributed by atoms with van der Waals surface area (Å²) in [5.41, 5.74) is 4.53. The van der Waals surface area contributed by atoms with Crippen LogP contribution in [0.3, 0.4) is 0 Å². The molecule has 5 aromatic heterocycles. The van der Waals surface area contributed by atoms with Crippen molar-refractivity contribution in [3.05, 3.63) is 66.9 Å². The number of hydrogen-bond donors (Lipinski definition) is 0. The Morgan fingerprint density at radius 3 is 2.45 bits per heavy atom. The Balaban J connectivity index is 1.78. The maximum Gasteiger partial charge on any atom is 0.269 e. The zero-order valence-corrected chi connectivity index (χ0v) is 18.9. The normalized spacial score (nSPS) is 12.3. The molecule has 0 radical (unpaired) electrons. The zero-order chi connectivity index (χ0) is 22.9. The molecule has 6 aromatic rings. The first-order valence-corrected chi connectivity index (χ1v) is 11.7. The Hall–Kier alpha value is -4.05. The summed E-state index contributed by atoms with van der Waals surface area (Å²) in [6.07, 6.45) is 8.44. The van der Waals surface area contributed by atoms with Gasteiger partial charge in [-0.15, -0.1) is 0 Å². The summed E-state index contributed by atoms with van der Waals surface area (Å²) in [6.45, 7) is 1.92. The fraction of sp³-hybridized carbons (Fsp3) is 0.130. The second kappa shape index (κ2) is 6.72. The van der Waals surface area contributed by atoms with Gasteiger partial charge < -0.3 is 4.57 Å². The van der Waals surface area contributed by atoms with Crippen LogP contribution in [0.1, 0.15) is 5.56 Å². The lowest BCUT2D eigenvalue weighted by molar-refractivity contribution is 0.589. The third-order valence-electron chi connectivity index (χ3n) is 5.91. The average Bonchev–Trinajstić information content (AvgIpc) is 3.47. The van der Waals surface area contributed by atoms with Crippen LogP contribution in [0.4, 0.5) is 0 Å². The molecule has 5 heterocycles. The first kappa shape index (κ1) is 19.6. The number of aryl methyl sites for hydroxylation is 3. The number of fused-ring (bicyclic) bond motifs is 4. The third-order valence-corrected chi connectivity index (χ3v) is 7.63. The third kappa shape index (κ3) is 2.74. The van der Waals surface area contributed by atoms with Crippen molar-refractivity contribution in [2.75, 3.05) is 0 Å². The Kier molecular flexibility index (Phi) is 4.00. The monoisotopic (exact) mass is 457 g/mol. The minimum atomic E-state index is -3.97. The van der Waals surface area contributed by atoms with E-state index in [0.29, 0.717) is 33.5 Å². The molecular formula is C23H19N7O2S. The highest BCUT2D eigenvalue weighted by molar-refractivity contribution is 7.90. The lowest BCUT2D eigenvalue weighted by Gasteiger charge is -2.11. The van der Waals surface area contributed by atoms with Gasteiger partial charge in [0, 0.05) is 55.2 Å². The lowest BCUT2D eigenvalue weighted by Crippen LogP contribution is -2.14. The van der Waals surface area contributed by atoms with Crippen molar-refractivity contribution in [3.8, 4) is 11.3 Å². The summed E-state index contributed by atoms with van der Waals surface area (Å²) in [4.78, 5) is 13.6. The molecule has 0 unspecified atom stereocenters. The van der Waals surface area contributed by atoms with E-state index in [1.54, 1.807) is 53.7 Å². The second-order valence-corrected chi connectivity index (χ2v) is 9.85. The van der Waals surface area contributed by atoms with E-state index in [0.717, 1.165) is 16.5 Å². The molecule has 33 heavy (non-hydrogen) atoms. The van der Waals surface area contributed by atoms with E-state index in [-0.39, 0.29) is 4.90 Å². The van der Waals surface area contributed by atoms with Crippen LogP contribution in [0.15, 0.2) is 66.2 Å². The van der Waals surface area contributed by atoms with Crippen LogP contribution in [0.5, 0.6) is 0 Å². The summed E-state index contributed by atoms with van der Waals surface area (Å²) in [5.74, 6) is 0. The molecule has 0 aliphatic heterocycles. The van der Waals surface area contributed by atoms with E-state index in [1.165, 1.54) is 3.97 Å². The minimum Gasteiger partial charge on any atom is -0.334 e. The van der Waals surface area contributed by atoms with Gasteiger partial charge in [0.05, 0.1) is 22.3 Å². The van der Waals surface area contributed by atoms with Crippen LogP contribution in [0.25, 0.3) is 44.4 Å². The summed E-state index contributed by atoms with van der Waals surface area (Å²) in [7, 11) is -0.284. The van der Waals surface area contributed by atoms with Crippen LogP contribution in [0.2, 0.25) is 0 Å². The van der Waals surface area contributed by atoms with E-state index in [1.807, 2.05) is 37.8 Å². The van der Waals surface area contributed by atoms with Crippen molar-refractivity contribution in [1.29, 1.82) is 0 Å². The molecule has 0 amide bonds. The van der Waals surface area contributed by atoms with E-state index in [4.69, 9.17) is 0 Å². The van der Waals surface area contributed by atoms with Gasteiger partial charge in [0.15, 0.2) is 11.3 Å². The molecular weight excluding hydrogens is 438 g/mol. The SMILES string of the molecule is Cc1ccc(S(=O)(=O)n2c(-c3cn(C)c4nccnc34)cc3c4c(cnc32)cnn4C)cc1. The smallest absolute Gasteiger partial charge is 0.269 e. The lowest BCUT2D eigenvalue weighted by atomic mass is 10.2. The van der Waals surface area contributed by atoms with Crippen molar-refractivity contribution in [2.24, 2.45) is 14.1 Å². The Bertz CT molecular complexity index is 1810. The van der Waals surface area contributed by atoms with Crippen LogP contribution in [0, 0.1) is 6.92 Å². The highest BCUT2D eigenvalue weighted by Crippen LogP contribution is 2.37. The Morgan fingerprint density at radius 2 is 1.67 bits per heavy atom. The maximum atomic E-state index is 14.0. The topological polar surface area (TPSA) is 100 Å². The first-order chi connectivity index (χ1) is 15.9. The molecule has 0 saturated carbocycles. The van der Waals surface area contributed by atoms with Crippen LogP contribution in [-0.2, 0) is 24.1 Å². The maximum absolute atomic E-state index is 14.0. The van der Waals surface area contributed by atoms with Gasteiger partial charge in [0.25, 0.3) is 10.0 Å². The molecule has 0 N–H and O–H groups in total. The van der Waals surface area contributed by atoms with Gasteiger partial charge in [-0.1, -0.05) is 17.7 Å². The molecule has 6 rings (SSSR count). The second-order valence-electron chi connectivity index (χ2n) is 8.06. The van der Waals surface area contributed by atoms with E-state index in [9.17, 15) is 8.42 Å². The Labute approximate surface area is 189 Å². The standard InChI is InChI=1S/C23H19N7O2S/c1-14-4-6-16(7-5-14)33(31,32)30-19(18-13-28(2)23-20(18)24-8-9-25-23)10-17-21-15(11-26-22(17)30)12-27-29(21)3/h4-13H,1-3H3. The molecule has 0 aliphatic carbocycles. The highest BCUT2D eigenvalue weighted by atomic mass is 32.2. The number of pyridine rings is 1. The molecule has 0 atom stereocenters. The van der Waals surface area contributed by atoms with E-state index in [2.05, 4.69) is 20.1 Å². The summed E-state index contributed by atoms with van der Waals surface area (Å²) < 4.78 is 32.8. The first-order valence-electron chi connectivity index (χ1n) is 10.3. The van der Waals surface area contributed by atoms with Gasteiger partial charge in [-0.25, -0.2) is 22.4 Å². The molecule has 10 heteroatoms. The van der Waals surface area contributed by atoms with Crippen molar-refractivity contribution < 1.29 is 8.42 Å². The summed E-state index contributed by atoms with van der Waals surface area (Å²) in [6, 6.07) is 8.65. The molecule has 0 bridgehead atoms. The fourth-order valence-electron chi connectivity index (χ4n) is 4.32. The molecule has 0 saturated heterocycles. The van der Waals surface area contributed by atoms with Crippen molar-refractivity contribution >= 4 is 43.1 Å². The number of nitrogens with zero attached hydrogens (tertiary/aromatic N) is 7. The number of benzene rings is 1. The van der Waals surface area contributed by atoms with Gasteiger partial charge in [-0.05, 0) is 25.1 Å². The predicted molar refractivity (Wildman–Crippen MR) is 125 cm³/mol. The van der Waals surface area contributed by atoms with Gasteiger partial charge in [-0.2, -0.15) is 5.10 Å². The zero-order valence-electron chi connectivity index (χ0n) is 18.1. The van der Waals surface area contributed by atoms with Gasteiger partial charge in [0.1, 0.15) is 5.52 Å². The number of hydrogen-bond acceptors (Lipinski definition) is 6. The average molecular weight is 458 g/mol. The molecule has 0 aliphatic rings. The van der Waals surface area contributed by atoms with Crippen molar-refractivity contribution in [3.63, 3.8) is 0 Å². The summed E-state index contributed by atoms with van der Waals surface area (Å²) in [5, 5.41) is 5.86. The van der Waals surface area contributed by atoms with Gasteiger partial charge >= 0.3 is 0 Å². The van der Waals surface area contributed by atoms with Crippen molar-refractivity contribution in [2.45, 2.75) is 11.8 Å². The van der Waals surface area contributed by atoms with Crippen LogP contribution >= 0.6 is 0 Å². The molecule has 0 fully saturated rings. The van der Waals surface area contributed by atoms with Crippen LogP contribution < -0.4 is 0 Å². The summed E-state index contributed by atoms with van der Waals surface area (Å²) >= 11 is 0. The van der Waals surface area contributed by atoms with Gasteiger partial charge in [0.2, 0.25) is 0 Å². The largest absolute Gasteiger partial charge is 0.334 e. The fourth-order valence-corrected chi connectivity index (χ4v) is 5.79. The van der Waals surface area contributed by atoms with Crippen LogP contribution in [-0.4, -0.2) is 41.7 Å². The van der Waals surface area contributed by atoms with Gasteiger partial charge in [-0.3, -0.25) is 9.67 Å². The van der Waals surface area contributed by atoms with E-state index >= 15 is 0 Å². The number of rotatable bonds is 3. The Morgan fingerprint density at radius 1 is 0.909 bits per heavy atom. The highest BCUT2D eigenvalue weighted by Gasteiger charge is 2.28.